The molecule has 1 aromatic heterocycles. The standard InChI is InChI=1S/C10H12N3/c1-2-4-9(3-1)7-11-8-10-12-5-6-13-10/h1-6,11H,7-8H2,(H,12,13)/q-1. The summed E-state index contributed by atoms with van der Waals surface area (Å²) < 4.78 is 0. The van der Waals surface area contributed by atoms with E-state index in [9.17, 15) is 0 Å². The van der Waals surface area contributed by atoms with Gasteiger partial charge in [0.15, 0.2) is 0 Å². The summed E-state index contributed by atoms with van der Waals surface area (Å²) in [5.41, 5.74) is 1.31. The van der Waals surface area contributed by atoms with Crippen molar-refractivity contribution in [2.75, 3.05) is 0 Å². The van der Waals surface area contributed by atoms with Gasteiger partial charge in [-0.3, -0.25) is 0 Å². The highest BCUT2D eigenvalue weighted by atomic mass is 15.0. The van der Waals surface area contributed by atoms with Crippen LogP contribution in [0, 0.1) is 0 Å². The molecule has 3 nitrogen and oxygen atoms in total. The molecule has 2 rings (SSSR count). The molecule has 0 radical (unpaired) electrons. The normalized spacial score (nSPS) is 10.5. The topological polar surface area (TPSA) is 40.7 Å². The Hall–Kier alpha value is -1.48. The van der Waals surface area contributed by atoms with E-state index in [4.69, 9.17) is 0 Å². The minimum Gasteiger partial charge on any atom is -0.348 e. The van der Waals surface area contributed by atoms with E-state index in [1.807, 2.05) is 18.3 Å². The summed E-state index contributed by atoms with van der Waals surface area (Å²) in [6, 6.07) is 8.30. The van der Waals surface area contributed by atoms with E-state index in [1.54, 1.807) is 6.20 Å². The van der Waals surface area contributed by atoms with E-state index < -0.39 is 0 Å². The predicted molar refractivity (Wildman–Crippen MR) is 51.2 cm³/mol. The molecule has 0 spiro atoms. The molecule has 0 fully saturated rings. The molecule has 0 unspecified atom stereocenters. The Morgan fingerprint density at radius 1 is 1.46 bits per heavy atom. The van der Waals surface area contributed by atoms with Crippen LogP contribution in [-0.2, 0) is 13.1 Å². The quantitative estimate of drug-likeness (QED) is 0.688. The van der Waals surface area contributed by atoms with Gasteiger partial charge in [0.1, 0.15) is 5.82 Å². The third kappa shape index (κ3) is 2.23. The maximum atomic E-state index is 4.12. The second-order valence-corrected chi connectivity index (χ2v) is 2.93. The Labute approximate surface area is 77.2 Å². The van der Waals surface area contributed by atoms with E-state index in [2.05, 4.69) is 27.4 Å². The van der Waals surface area contributed by atoms with Crippen molar-refractivity contribution in [3.63, 3.8) is 0 Å². The van der Waals surface area contributed by atoms with Crippen molar-refractivity contribution < 1.29 is 0 Å². The van der Waals surface area contributed by atoms with Gasteiger partial charge in [0.2, 0.25) is 0 Å². The number of aromatic amines is 1. The molecule has 0 aliphatic rings. The van der Waals surface area contributed by atoms with Crippen molar-refractivity contribution in [2.45, 2.75) is 13.1 Å². The van der Waals surface area contributed by atoms with Gasteiger partial charge in [-0.05, 0) is 6.54 Å². The zero-order chi connectivity index (χ0) is 8.93. The number of hydrogen-bond acceptors (Lipinski definition) is 2. The minimum absolute atomic E-state index is 0.790. The number of aromatic nitrogens is 2. The zero-order valence-electron chi connectivity index (χ0n) is 7.33. The third-order valence-corrected chi connectivity index (χ3v) is 1.91. The van der Waals surface area contributed by atoms with Gasteiger partial charge in [0, 0.05) is 12.4 Å². The van der Waals surface area contributed by atoms with Crippen LogP contribution >= 0.6 is 0 Å². The summed E-state index contributed by atoms with van der Waals surface area (Å²) in [6.45, 7) is 1.69. The highest BCUT2D eigenvalue weighted by Gasteiger charge is 1.90. The zero-order valence-corrected chi connectivity index (χ0v) is 7.33. The summed E-state index contributed by atoms with van der Waals surface area (Å²) in [4.78, 5) is 7.16. The van der Waals surface area contributed by atoms with Crippen molar-refractivity contribution in [1.82, 2.24) is 15.3 Å². The van der Waals surface area contributed by atoms with Crippen LogP contribution in [0.1, 0.15) is 11.4 Å². The highest BCUT2D eigenvalue weighted by molar-refractivity contribution is 5.15. The Morgan fingerprint density at radius 2 is 2.46 bits per heavy atom. The number of H-pyrrole nitrogens is 1. The fraction of sp³-hybridized carbons (Fsp3) is 0.200. The van der Waals surface area contributed by atoms with Crippen molar-refractivity contribution in [3.05, 3.63) is 48.0 Å². The fourth-order valence-corrected chi connectivity index (χ4v) is 1.25. The Bertz CT molecular complexity index is 287. The number of nitrogens with zero attached hydrogens (tertiary/aromatic N) is 1. The smallest absolute Gasteiger partial charge is 0.119 e. The predicted octanol–water partition coefficient (Wildman–Crippen LogP) is 1.42. The summed E-state index contributed by atoms with van der Waals surface area (Å²) in [6.07, 6.45) is 3.60. The van der Waals surface area contributed by atoms with E-state index in [0.29, 0.717) is 0 Å². The first-order valence-electron chi connectivity index (χ1n) is 4.35. The molecular weight excluding hydrogens is 162 g/mol. The number of hydrogen-bond donors (Lipinski definition) is 2. The maximum Gasteiger partial charge on any atom is 0.119 e. The SMILES string of the molecule is c1cc(CNCc2ncc[nH]2)c[cH-]1. The second kappa shape index (κ2) is 3.96. The molecular formula is C10H12N3-. The molecule has 0 atom stereocenters. The van der Waals surface area contributed by atoms with Crippen molar-refractivity contribution in [1.29, 1.82) is 0 Å². The van der Waals surface area contributed by atoms with Gasteiger partial charge in [-0.15, -0.1) is 0 Å². The van der Waals surface area contributed by atoms with E-state index >= 15 is 0 Å². The summed E-state index contributed by atoms with van der Waals surface area (Å²) >= 11 is 0. The summed E-state index contributed by atoms with van der Waals surface area (Å²) in [5, 5.41) is 3.30. The van der Waals surface area contributed by atoms with Gasteiger partial charge in [0.25, 0.3) is 0 Å². The van der Waals surface area contributed by atoms with Gasteiger partial charge in [-0.25, -0.2) is 11.1 Å². The number of imidazole rings is 1. The van der Waals surface area contributed by atoms with Crippen LogP contribution in [0.5, 0.6) is 0 Å². The Morgan fingerprint density at radius 3 is 3.15 bits per heavy atom. The molecule has 2 N–H and O–H groups in total. The first-order valence-corrected chi connectivity index (χ1v) is 4.35. The van der Waals surface area contributed by atoms with Gasteiger partial charge in [-0.1, -0.05) is 0 Å². The minimum atomic E-state index is 0.790. The molecule has 13 heavy (non-hydrogen) atoms. The Balaban J connectivity index is 1.76. The van der Waals surface area contributed by atoms with Crippen LogP contribution in [0.3, 0.4) is 0 Å². The first kappa shape index (κ1) is 8.13. The van der Waals surface area contributed by atoms with E-state index in [0.717, 1.165) is 18.9 Å². The summed E-state index contributed by atoms with van der Waals surface area (Å²) in [7, 11) is 0. The average molecular weight is 174 g/mol. The molecule has 0 aliphatic carbocycles. The molecule has 0 saturated carbocycles. The third-order valence-electron chi connectivity index (χ3n) is 1.91. The molecule has 1 heterocycles. The van der Waals surface area contributed by atoms with Crippen LogP contribution in [-0.4, -0.2) is 9.97 Å². The fourth-order valence-electron chi connectivity index (χ4n) is 1.25. The van der Waals surface area contributed by atoms with Crippen molar-refractivity contribution in [2.24, 2.45) is 0 Å². The molecule has 0 saturated heterocycles. The van der Waals surface area contributed by atoms with Crippen LogP contribution in [0.15, 0.2) is 36.7 Å². The lowest BCUT2D eigenvalue weighted by Gasteiger charge is -2.04. The largest absolute Gasteiger partial charge is 0.348 e. The maximum absolute atomic E-state index is 4.12. The molecule has 68 valence electrons. The number of nitrogens with one attached hydrogen (secondary N) is 2. The highest BCUT2D eigenvalue weighted by Crippen LogP contribution is 1.98. The van der Waals surface area contributed by atoms with Gasteiger partial charge in [-0.2, -0.15) is 23.8 Å². The molecule has 0 aliphatic heterocycles. The average Bonchev–Trinajstić information content (AvgIpc) is 2.75. The van der Waals surface area contributed by atoms with Crippen LogP contribution in [0.4, 0.5) is 0 Å². The van der Waals surface area contributed by atoms with Gasteiger partial charge < -0.3 is 10.3 Å². The van der Waals surface area contributed by atoms with Crippen LogP contribution in [0.25, 0.3) is 0 Å². The van der Waals surface area contributed by atoms with Crippen LogP contribution in [0.2, 0.25) is 0 Å². The molecule has 0 bridgehead atoms. The lowest BCUT2D eigenvalue weighted by atomic mass is 10.3. The van der Waals surface area contributed by atoms with Crippen molar-refractivity contribution in [3.8, 4) is 0 Å². The monoisotopic (exact) mass is 174 g/mol. The summed E-state index contributed by atoms with van der Waals surface area (Å²) in [5.74, 6) is 0.978. The number of rotatable bonds is 4. The van der Waals surface area contributed by atoms with E-state index in [1.165, 1.54) is 5.56 Å². The van der Waals surface area contributed by atoms with E-state index in [-0.39, 0.29) is 0 Å². The lowest BCUT2D eigenvalue weighted by molar-refractivity contribution is 0.670. The lowest BCUT2D eigenvalue weighted by Crippen LogP contribution is -2.12. The molecule has 3 heteroatoms. The Kier molecular flexibility index (Phi) is 2.48. The first-order chi connectivity index (χ1) is 6.45. The molecule has 2 aromatic rings. The molecule has 0 amide bonds. The molecule has 1 aromatic carbocycles. The van der Waals surface area contributed by atoms with Crippen molar-refractivity contribution >= 4 is 0 Å². The second-order valence-electron chi connectivity index (χ2n) is 2.93. The van der Waals surface area contributed by atoms with Gasteiger partial charge in [0.05, 0.1) is 6.54 Å². The van der Waals surface area contributed by atoms with Gasteiger partial charge >= 0.3 is 0 Å². The van der Waals surface area contributed by atoms with Crippen LogP contribution < -0.4 is 5.32 Å².